The Morgan fingerprint density at radius 2 is 1.79 bits per heavy atom. The van der Waals surface area contributed by atoms with Crippen molar-refractivity contribution in [2.75, 3.05) is 43.4 Å². The molecule has 0 atom stereocenters. The number of hydrogen-bond donors (Lipinski definition) is 3. The Hall–Kier alpha value is -2.68. The van der Waals surface area contributed by atoms with E-state index in [0.29, 0.717) is 12.0 Å². The molecule has 3 N–H and O–H groups in total. The summed E-state index contributed by atoms with van der Waals surface area (Å²) in [4.78, 5) is 26.6. The number of aromatic nitrogens is 4. The molecular formula is C24H36N8O. The van der Waals surface area contributed by atoms with Gasteiger partial charge in [-0.2, -0.15) is 5.10 Å². The highest BCUT2D eigenvalue weighted by Gasteiger charge is 2.32. The smallest absolute Gasteiger partial charge is 0.223 e. The Morgan fingerprint density at radius 1 is 1.03 bits per heavy atom. The number of aryl methyl sites for hydroxylation is 1. The van der Waals surface area contributed by atoms with Crippen molar-refractivity contribution in [3.63, 3.8) is 0 Å². The van der Waals surface area contributed by atoms with E-state index in [4.69, 9.17) is 9.97 Å². The number of likely N-dealkylation sites (N-methyl/N-ethyl adjacent to an activating group) is 1. The normalized spacial score (nSPS) is 24.0. The SMILES string of the molecule is Cc1cc(Nc2cc(N3CCN(C)CC3)nc(CC3CCC(NC(=O)C4CC4)CC3)n2)n[nH]1. The van der Waals surface area contributed by atoms with Crippen molar-refractivity contribution in [1.29, 1.82) is 0 Å². The van der Waals surface area contributed by atoms with Crippen LogP contribution in [0.15, 0.2) is 12.1 Å². The molecule has 3 fully saturated rings. The van der Waals surface area contributed by atoms with Crippen LogP contribution in [-0.4, -0.2) is 70.2 Å². The van der Waals surface area contributed by atoms with Crippen molar-refractivity contribution < 1.29 is 4.79 Å². The van der Waals surface area contributed by atoms with Gasteiger partial charge in [-0.3, -0.25) is 9.89 Å². The van der Waals surface area contributed by atoms with Gasteiger partial charge in [-0.15, -0.1) is 0 Å². The average molecular weight is 453 g/mol. The van der Waals surface area contributed by atoms with Gasteiger partial charge in [-0.1, -0.05) is 0 Å². The third-order valence-corrected chi connectivity index (χ3v) is 7.16. The largest absolute Gasteiger partial charge is 0.354 e. The number of rotatable bonds is 7. The summed E-state index contributed by atoms with van der Waals surface area (Å²) >= 11 is 0. The standard InChI is InChI=1S/C24H36N8O/c1-16-13-22(30-29-16)27-21-15-23(32-11-9-31(2)10-12-32)28-20(26-21)14-17-3-7-19(8-4-17)25-24(33)18-5-6-18/h13,15,17-19H,3-12,14H2,1-2H3,(H,25,33)(H2,26,27,28,29,30). The predicted molar refractivity (Wildman–Crippen MR) is 129 cm³/mol. The lowest BCUT2D eigenvalue weighted by atomic mass is 9.84. The highest BCUT2D eigenvalue weighted by atomic mass is 16.2. The van der Waals surface area contributed by atoms with Crippen molar-refractivity contribution in [1.82, 2.24) is 30.4 Å². The van der Waals surface area contributed by atoms with Crippen molar-refractivity contribution in [3.05, 3.63) is 23.7 Å². The van der Waals surface area contributed by atoms with Crippen LogP contribution in [0.25, 0.3) is 0 Å². The Balaban J connectivity index is 1.26. The summed E-state index contributed by atoms with van der Waals surface area (Å²) < 4.78 is 0. The second-order valence-electron chi connectivity index (χ2n) is 10.1. The summed E-state index contributed by atoms with van der Waals surface area (Å²) in [6.07, 6.45) is 7.34. The quantitative estimate of drug-likeness (QED) is 0.593. The second kappa shape index (κ2) is 9.67. The Morgan fingerprint density at radius 3 is 2.45 bits per heavy atom. The van der Waals surface area contributed by atoms with Crippen molar-refractivity contribution in [2.24, 2.45) is 11.8 Å². The van der Waals surface area contributed by atoms with E-state index in [1.165, 1.54) is 0 Å². The molecule has 2 aromatic heterocycles. The molecule has 2 aromatic rings. The first-order valence-electron chi connectivity index (χ1n) is 12.4. The molecule has 0 unspecified atom stereocenters. The van der Waals surface area contributed by atoms with E-state index in [1.807, 2.05) is 19.1 Å². The average Bonchev–Trinajstić information content (AvgIpc) is 3.58. The number of amides is 1. The van der Waals surface area contributed by atoms with Gasteiger partial charge >= 0.3 is 0 Å². The summed E-state index contributed by atoms with van der Waals surface area (Å²) in [7, 11) is 2.17. The van der Waals surface area contributed by atoms with Gasteiger partial charge in [-0.05, 0) is 58.4 Å². The summed E-state index contributed by atoms with van der Waals surface area (Å²) in [6, 6.07) is 4.37. The maximum atomic E-state index is 12.1. The molecule has 3 aliphatic rings. The van der Waals surface area contributed by atoms with Crippen molar-refractivity contribution in [2.45, 2.75) is 57.9 Å². The summed E-state index contributed by atoms with van der Waals surface area (Å²) in [5.41, 5.74) is 1.01. The second-order valence-corrected chi connectivity index (χ2v) is 10.1. The zero-order valence-corrected chi connectivity index (χ0v) is 19.8. The Bertz CT molecular complexity index is 955. The number of carbonyl (C=O) groups is 1. The molecule has 1 aliphatic heterocycles. The molecule has 2 saturated carbocycles. The van der Waals surface area contributed by atoms with Crippen LogP contribution < -0.4 is 15.5 Å². The van der Waals surface area contributed by atoms with Crippen LogP contribution in [0, 0.1) is 18.8 Å². The van der Waals surface area contributed by atoms with Crippen LogP contribution in [0.4, 0.5) is 17.5 Å². The molecule has 0 aromatic carbocycles. The third-order valence-electron chi connectivity index (χ3n) is 7.16. The molecule has 9 nitrogen and oxygen atoms in total. The monoisotopic (exact) mass is 452 g/mol. The fraction of sp³-hybridized carbons (Fsp3) is 0.667. The highest BCUT2D eigenvalue weighted by Crippen LogP contribution is 2.31. The van der Waals surface area contributed by atoms with Crippen LogP contribution in [-0.2, 0) is 11.2 Å². The van der Waals surface area contributed by atoms with Crippen LogP contribution in [0.5, 0.6) is 0 Å². The van der Waals surface area contributed by atoms with E-state index in [2.05, 4.69) is 37.7 Å². The molecule has 0 bridgehead atoms. The third kappa shape index (κ3) is 5.82. The van der Waals surface area contributed by atoms with E-state index in [9.17, 15) is 4.79 Å². The number of nitrogens with zero attached hydrogens (tertiary/aromatic N) is 5. The maximum Gasteiger partial charge on any atom is 0.223 e. The van der Waals surface area contributed by atoms with Crippen LogP contribution in [0.3, 0.4) is 0 Å². The van der Waals surface area contributed by atoms with Gasteiger partial charge in [0.15, 0.2) is 5.82 Å². The number of H-pyrrole nitrogens is 1. The number of anilines is 3. The fourth-order valence-electron chi connectivity index (χ4n) is 4.88. The zero-order valence-electron chi connectivity index (χ0n) is 19.8. The highest BCUT2D eigenvalue weighted by molar-refractivity contribution is 5.81. The zero-order chi connectivity index (χ0) is 22.8. The van der Waals surface area contributed by atoms with Crippen LogP contribution >= 0.6 is 0 Å². The molecule has 3 heterocycles. The van der Waals surface area contributed by atoms with Gasteiger partial charge in [0.1, 0.15) is 17.5 Å². The molecule has 0 spiro atoms. The molecule has 1 amide bonds. The fourth-order valence-corrected chi connectivity index (χ4v) is 4.88. The summed E-state index contributed by atoms with van der Waals surface area (Å²) in [6.45, 7) is 6.01. The van der Waals surface area contributed by atoms with Gasteiger partial charge < -0.3 is 20.4 Å². The van der Waals surface area contributed by atoms with E-state index in [1.54, 1.807) is 0 Å². The molecule has 5 rings (SSSR count). The van der Waals surface area contributed by atoms with Gasteiger partial charge in [0.05, 0.1) is 0 Å². The first kappa shape index (κ1) is 22.1. The lowest BCUT2D eigenvalue weighted by Crippen LogP contribution is -2.45. The minimum absolute atomic E-state index is 0.269. The summed E-state index contributed by atoms with van der Waals surface area (Å²) in [5.74, 6) is 4.57. The van der Waals surface area contributed by atoms with Gasteiger partial charge in [0.25, 0.3) is 0 Å². The molecular weight excluding hydrogens is 416 g/mol. The number of piperazine rings is 1. The van der Waals surface area contributed by atoms with Gasteiger partial charge in [0, 0.05) is 62.4 Å². The van der Waals surface area contributed by atoms with E-state index in [-0.39, 0.29) is 11.8 Å². The topological polar surface area (TPSA) is 102 Å². The maximum absolute atomic E-state index is 12.1. The van der Waals surface area contributed by atoms with E-state index >= 15 is 0 Å². The van der Waals surface area contributed by atoms with E-state index in [0.717, 1.165) is 100 Å². The summed E-state index contributed by atoms with van der Waals surface area (Å²) in [5, 5.41) is 13.9. The molecule has 9 heteroatoms. The first-order valence-corrected chi connectivity index (χ1v) is 12.4. The number of hydrogen-bond acceptors (Lipinski definition) is 7. The molecule has 2 aliphatic carbocycles. The number of nitrogens with one attached hydrogen (secondary N) is 3. The minimum atomic E-state index is 0.269. The first-order chi connectivity index (χ1) is 16.0. The lowest BCUT2D eigenvalue weighted by Gasteiger charge is -2.33. The molecule has 178 valence electrons. The molecule has 33 heavy (non-hydrogen) atoms. The predicted octanol–water partition coefficient (Wildman–Crippen LogP) is 2.63. The molecule has 0 radical (unpaired) electrons. The Kier molecular flexibility index (Phi) is 6.48. The van der Waals surface area contributed by atoms with Crippen molar-refractivity contribution >= 4 is 23.4 Å². The van der Waals surface area contributed by atoms with Crippen LogP contribution in [0.1, 0.15) is 50.0 Å². The van der Waals surface area contributed by atoms with Gasteiger partial charge in [-0.25, -0.2) is 9.97 Å². The molecule has 1 saturated heterocycles. The Labute approximate surface area is 195 Å². The van der Waals surface area contributed by atoms with Gasteiger partial charge in [0.2, 0.25) is 5.91 Å². The van der Waals surface area contributed by atoms with Crippen molar-refractivity contribution in [3.8, 4) is 0 Å². The number of carbonyl (C=O) groups excluding carboxylic acids is 1. The number of aromatic amines is 1. The van der Waals surface area contributed by atoms with Crippen LogP contribution in [0.2, 0.25) is 0 Å². The van der Waals surface area contributed by atoms with E-state index < -0.39 is 0 Å². The lowest BCUT2D eigenvalue weighted by molar-refractivity contribution is -0.123. The minimum Gasteiger partial charge on any atom is -0.354 e.